The number of urea groups is 1. The lowest BCUT2D eigenvalue weighted by atomic mass is 10.00. The Bertz CT molecular complexity index is 1130. The summed E-state index contributed by atoms with van der Waals surface area (Å²) in [7, 11) is 0. The molecule has 0 saturated heterocycles. The standard InChI is InChI=1S/C21H17F3N4O2/c22-21(23,24)18-2-1-3-19(27-18)28-20(29)26-16-6-9-25-17-12-14(4-5-15(16)17)13-7-10-30-11-8-13/h1-7,9,12H,8,10-11H2,(H2,25,26,27,28,29). The first kappa shape index (κ1) is 19.8. The van der Waals surface area contributed by atoms with Crippen LogP contribution in [-0.4, -0.2) is 29.2 Å². The zero-order valence-electron chi connectivity index (χ0n) is 15.7. The normalized spacial score (nSPS) is 14.3. The van der Waals surface area contributed by atoms with Crippen molar-refractivity contribution < 1.29 is 22.7 Å². The molecule has 4 rings (SSSR count). The smallest absolute Gasteiger partial charge is 0.377 e. The van der Waals surface area contributed by atoms with Crippen LogP contribution < -0.4 is 10.6 Å². The van der Waals surface area contributed by atoms with Gasteiger partial charge in [0, 0.05) is 11.6 Å². The van der Waals surface area contributed by atoms with Gasteiger partial charge in [-0.05, 0) is 41.8 Å². The van der Waals surface area contributed by atoms with Crippen molar-refractivity contribution in [2.45, 2.75) is 12.6 Å². The summed E-state index contributed by atoms with van der Waals surface area (Å²) in [6.45, 7) is 1.24. The average molecular weight is 414 g/mol. The topological polar surface area (TPSA) is 76.1 Å². The molecule has 3 heterocycles. The summed E-state index contributed by atoms with van der Waals surface area (Å²) in [5.41, 5.74) is 2.31. The Morgan fingerprint density at radius 3 is 2.73 bits per heavy atom. The van der Waals surface area contributed by atoms with Crippen LogP contribution in [0.4, 0.5) is 29.5 Å². The van der Waals surface area contributed by atoms with Gasteiger partial charge < -0.3 is 10.1 Å². The van der Waals surface area contributed by atoms with E-state index >= 15 is 0 Å². The van der Waals surface area contributed by atoms with E-state index < -0.39 is 17.9 Å². The van der Waals surface area contributed by atoms with Crippen molar-refractivity contribution in [2.75, 3.05) is 23.8 Å². The van der Waals surface area contributed by atoms with Gasteiger partial charge in [0.1, 0.15) is 11.5 Å². The number of carbonyl (C=O) groups is 1. The van der Waals surface area contributed by atoms with Crippen LogP contribution in [0.2, 0.25) is 0 Å². The molecular weight excluding hydrogens is 397 g/mol. The first-order valence-electron chi connectivity index (χ1n) is 9.18. The molecule has 0 unspecified atom stereocenters. The lowest BCUT2D eigenvalue weighted by Crippen LogP contribution is -2.21. The highest BCUT2D eigenvalue weighted by molar-refractivity contribution is 6.05. The third-order valence-electron chi connectivity index (χ3n) is 4.61. The monoisotopic (exact) mass is 414 g/mol. The quantitative estimate of drug-likeness (QED) is 0.626. The fourth-order valence-corrected chi connectivity index (χ4v) is 3.18. The van der Waals surface area contributed by atoms with Gasteiger partial charge in [0.05, 0.1) is 24.4 Å². The SMILES string of the molecule is O=C(Nc1cccc(C(F)(F)F)n1)Nc1ccnc2cc(C3=CCOCC3)ccc12. The van der Waals surface area contributed by atoms with Gasteiger partial charge in [-0.1, -0.05) is 24.3 Å². The van der Waals surface area contributed by atoms with E-state index in [0.717, 1.165) is 18.1 Å². The predicted molar refractivity (Wildman–Crippen MR) is 107 cm³/mol. The van der Waals surface area contributed by atoms with Crippen LogP contribution >= 0.6 is 0 Å². The Hall–Kier alpha value is -3.46. The second-order valence-corrected chi connectivity index (χ2v) is 6.63. The Morgan fingerprint density at radius 1 is 1.10 bits per heavy atom. The maximum Gasteiger partial charge on any atom is 0.433 e. The van der Waals surface area contributed by atoms with E-state index in [0.29, 0.717) is 29.8 Å². The van der Waals surface area contributed by atoms with Crippen LogP contribution in [0, 0.1) is 0 Å². The molecule has 0 bridgehead atoms. The minimum Gasteiger partial charge on any atom is -0.377 e. The molecular formula is C21H17F3N4O2. The molecule has 1 aliphatic rings. The number of aromatic nitrogens is 2. The molecule has 1 aliphatic heterocycles. The third kappa shape index (κ3) is 4.41. The van der Waals surface area contributed by atoms with Crippen molar-refractivity contribution in [1.82, 2.24) is 9.97 Å². The predicted octanol–water partition coefficient (Wildman–Crippen LogP) is 5.10. The first-order valence-corrected chi connectivity index (χ1v) is 9.18. The van der Waals surface area contributed by atoms with E-state index in [-0.39, 0.29) is 5.82 Å². The summed E-state index contributed by atoms with van der Waals surface area (Å²) >= 11 is 0. The third-order valence-corrected chi connectivity index (χ3v) is 4.61. The van der Waals surface area contributed by atoms with E-state index in [1.54, 1.807) is 12.3 Å². The number of benzene rings is 1. The van der Waals surface area contributed by atoms with Crippen molar-refractivity contribution in [1.29, 1.82) is 0 Å². The Balaban J connectivity index is 1.53. The summed E-state index contributed by atoms with van der Waals surface area (Å²) in [6.07, 6.45) is -0.187. The molecule has 2 N–H and O–H groups in total. The number of halogens is 3. The number of nitrogens with one attached hydrogen (secondary N) is 2. The molecule has 0 atom stereocenters. The molecule has 0 fully saturated rings. The van der Waals surface area contributed by atoms with Gasteiger partial charge in [0.2, 0.25) is 0 Å². The first-order chi connectivity index (χ1) is 14.4. The number of hydrogen-bond donors (Lipinski definition) is 2. The van der Waals surface area contributed by atoms with Crippen molar-refractivity contribution in [3.05, 3.63) is 66.0 Å². The number of fused-ring (bicyclic) bond motifs is 1. The molecule has 6 nitrogen and oxygen atoms in total. The van der Waals surface area contributed by atoms with Crippen molar-refractivity contribution in [3.63, 3.8) is 0 Å². The van der Waals surface area contributed by atoms with Gasteiger partial charge in [-0.15, -0.1) is 0 Å². The molecule has 3 aromatic rings. The van der Waals surface area contributed by atoms with Crippen LogP contribution in [0.15, 0.2) is 54.7 Å². The minimum absolute atomic E-state index is 0.200. The number of amides is 2. The summed E-state index contributed by atoms with van der Waals surface area (Å²) in [4.78, 5) is 20.1. The van der Waals surface area contributed by atoms with Gasteiger partial charge in [-0.2, -0.15) is 13.2 Å². The van der Waals surface area contributed by atoms with Gasteiger partial charge in [-0.25, -0.2) is 9.78 Å². The van der Waals surface area contributed by atoms with Gasteiger partial charge >= 0.3 is 12.2 Å². The summed E-state index contributed by atoms with van der Waals surface area (Å²) < 4.78 is 43.7. The van der Waals surface area contributed by atoms with Crippen LogP contribution in [0.5, 0.6) is 0 Å². The highest BCUT2D eigenvalue weighted by atomic mass is 19.4. The van der Waals surface area contributed by atoms with Crippen LogP contribution in [0.3, 0.4) is 0 Å². The molecule has 1 aromatic carbocycles. The number of nitrogens with zero attached hydrogens (tertiary/aromatic N) is 2. The molecule has 0 spiro atoms. The number of alkyl halides is 3. The Kier molecular flexibility index (Phi) is 5.37. The van der Waals surface area contributed by atoms with Gasteiger partial charge in [0.15, 0.2) is 0 Å². The van der Waals surface area contributed by atoms with E-state index in [9.17, 15) is 18.0 Å². The number of pyridine rings is 2. The van der Waals surface area contributed by atoms with Gasteiger partial charge in [0.25, 0.3) is 0 Å². The lowest BCUT2D eigenvalue weighted by Gasteiger charge is -2.15. The zero-order chi connectivity index (χ0) is 21.1. The van der Waals surface area contributed by atoms with E-state index in [4.69, 9.17) is 4.74 Å². The second kappa shape index (κ2) is 8.11. The Labute approximate surface area is 169 Å². The number of ether oxygens (including phenoxy) is 1. The number of carbonyl (C=O) groups excluding carboxylic acids is 1. The average Bonchev–Trinajstić information content (AvgIpc) is 2.74. The van der Waals surface area contributed by atoms with E-state index in [1.165, 1.54) is 17.7 Å². The van der Waals surface area contributed by atoms with Crippen molar-refractivity contribution >= 4 is 34.0 Å². The van der Waals surface area contributed by atoms with Crippen LogP contribution in [-0.2, 0) is 10.9 Å². The molecule has 2 amide bonds. The fraction of sp³-hybridized carbons (Fsp3) is 0.190. The maximum atomic E-state index is 12.8. The number of hydrogen-bond acceptors (Lipinski definition) is 4. The molecule has 0 saturated carbocycles. The molecule has 9 heteroatoms. The van der Waals surface area contributed by atoms with Crippen molar-refractivity contribution in [3.8, 4) is 0 Å². The number of rotatable bonds is 3. The minimum atomic E-state index is -4.59. The Morgan fingerprint density at radius 2 is 1.97 bits per heavy atom. The van der Waals surface area contributed by atoms with Gasteiger partial charge in [-0.3, -0.25) is 10.3 Å². The summed E-state index contributed by atoms with van der Waals surface area (Å²) in [5, 5.41) is 5.68. The van der Waals surface area contributed by atoms with Crippen molar-refractivity contribution in [2.24, 2.45) is 0 Å². The molecule has 0 aliphatic carbocycles. The summed E-state index contributed by atoms with van der Waals surface area (Å²) in [6, 6.07) is 9.95. The maximum absolute atomic E-state index is 12.8. The second-order valence-electron chi connectivity index (χ2n) is 6.63. The largest absolute Gasteiger partial charge is 0.433 e. The molecule has 154 valence electrons. The highest BCUT2D eigenvalue weighted by Crippen LogP contribution is 2.29. The van der Waals surface area contributed by atoms with Crippen LogP contribution in [0.1, 0.15) is 17.7 Å². The van der Waals surface area contributed by atoms with E-state index in [1.807, 2.05) is 24.3 Å². The highest BCUT2D eigenvalue weighted by Gasteiger charge is 2.32. The zero-order valence-corrected chi connectivity index (χ0v) is 15.7. The van der Waals surface area contributed by atoms with E-state index in [2.05, 4.69) is 20.6 Å². The fourth-order valence-electron chi connectivity index (χ4n) is 3.18. The lowest BCUT2D eigenvalue weighted by molar-refractivity contribution is -0.141. The van der Waals surface area contributed by atoms with Crippen LogP contribution in [0.25, 0.3) is 16.5 Å². The summed E-state index contributed by atoms with van der Waals surface area (Å²) in [5.74, 6) is -0.200. The molecule has 2 aromatic heterocycles. The molecule has 0 radical (unpaired) electrons. The molecule has 30 heavy (non-hydrogen) atoms. The number of anilines is 2.